The fourth-order valence-electron chi connectivity index (χ4n) is 6.51. The number of hydrogen-bond acceptors (Lipinski definition) is 18. The number of aliphatic hydroxyl groups excluding tert-OH is 8. The van der Waals surface area contributed by atoms with Crippen molar-refractivity contribution in [3.05, 3.63) is 34.4 Å². The van der Waals surface area contributed by atoms with Crippen LogP contribution in [0, 0.1) is 10.1 Å². The summed E-state index contributed by atoms with van der Waals surface area (Å²) in [5.74, 6) is -2.30. The van der Waals surface area contributed by atoms with Gasteiger partial charge in [0.1, 0.15) is 78.7 Å². The Morgan fingerprint density at radius 2 is 1.23 bits per heavy atom. The summed E-state index contributed by atoms with van der Waals surface area (Å²) in [6.07, 6.45) is -20.7. The normalized spacial score (nSPS) is 37.9. The zero-order valence-electron chi connectivity index (χ0n) is 28.1. The molecule has 3 heterocycles. The number of nitrogens with one attached hydrogen (secondary N) is 2. The SMILES string of the molecule is CC(=O)N[C@H]1[C@H](O[C@H]2[C@H](O)[C@@H](N(C(C)=O)c3ccccc3[N+](=O)[O-])C(O)O[C@@H]2CO)O[C@H](CO)[C@@H](O[C@@H]2O[C@H](CO)[C@@H](O)[C@H](O)[C@H]2NC(C)=O)[C@@H]1O. The van der Waals surface area contributed by atoms with Crippen LogP contribution in [-0.4, -0.2) is 175 Å². The van der Waals surface area contributed by atoms with Gasteiger partial charge in [-0.3, -0.25) is 29.4 Å². The van der Waals surface area contributed by atoms with Crippen molar-refractivity contribution in [1.82, 2.24) is 10.6 Å². The molecule has 292 valence electrons. The van der Waals surface area contributed by atoms with Crippen molar-refractivity contribution in [3.63, 3.8) is 0 Å². The molecule has 3 saturated heterocycles. The first kappa shape index (κ1) is 41.3. The third kappa shape index (κ3) is 8.65. The fraction of sp³-hybridized carbons (Fsp3) is 0.700. The molecule has 0 aromatic heterocycles. The Balaban J connectivity index is 1.67. The number of nitrogens with zero attached hydrogens (tertiary/aromatic N) is 2. The molecule has 3 aliphatic rings. The molecule has 1 aromatic carbocycles. The average Bonchev–Trinajstić information content (AvgIpc) is 3.09. The van der Waals surface area contributed by atoms with E-state index in [4.69, 9.17) is 23.7 Å². The van der Waals surface area contributed by atoms with Gasteiger partial charge in [0, 0.05) is 26.8 Å². The summed E-state index contributed by atoms with van der Waals surface area (Å²) < 4.78 is 28.8. The number of anilines is 1. The van der Waals surface area contributed by atoms with Crippen LogP contribution in [0.5, 0.6) is 0 Å². The maximum Gasteiger partial charge on any atom is 0.292 e. The van der Waals surface area contributed by atoms with Crippen LogP contribution in [0.2, 0.25) is 0 Å². The minimum Gasteiger partial charge on any atom is -0.394 e. The molecule has 22 heteroatoms. The number of hydrogen-bond donors (Lipinski definition) is 10. The molecule has 0 radical (unpaired) electrons. The molecule has 0 aliphatic carbocycles. The first-order chi connectivity index (χ1) is 24.6. The Morgan fingerprint density at radius 1 is 0.750 bits per heavy atom. The molecular weight excluding hydrogens is 704 g/mol. The Bertz CT molecular complexity index is 1420. The van der Waals surface area contributed by atoms with E-state index in [1.165, 1.54) is 18.2 Å². The van der Waals surface area contributed by atoms with E-state index in [1.807, 2.05) is 0 Å². The van der Waals surface area contributed by atoms with Crippen LogP contribution in [0.4, 0.5) is 11.4 Å². The van der Waals surface area contributed by atoms with Crippen LogP contribution in [0.3, 0.4) is 0 Å². The van der Waals surface area contributed by atoms with Gasteiger partial charge in [-0.1, -0.05) is 12.1 Å². The van der Waals surface area contributed by atoms with Gasteiger partial charge in [0.05, 0.1) is 24.7 Å². The van der Waals surface area contributed by atoms with Gasteiger partial charge in [0.2, 0.25) is 17.7 Å². The lowest BCUT2D eigenvalue weighted by molar-refractivity contribution is -0.384. The van der Waals surface area contributed by atoms with Crippen molar-refractivity contribution in [2.45, 2.75) is 113 Å². The van der Waals surface area contributed by atoms with Gasteiger partial charge >= 0.3 is 0 Å². The van der Waals surface area contributed by atoms with Crippen molar-refractivity contribution in [3.8, 4) is 0 Å². The van der Waals surface area contributed by atoms with Crippen molar-refractivity contribution in [2.75, 3.05) is 24.7 Å². The standard InChI is InChI=1S/C30H44N4O18/c1-11(38)31-19-23(42)22(41)16(8-35)49-29(19)51-26-18(10-37)50-30(20(24(26)43)32-12(2)39)52-27-17(9-36)48-28(45)21(25(27)44)33(13(3)40)14-6-4-5-7-15(14)34(46)47/h4-7,16-30,35-37,41-45H,8-10H2,1-3H3,(H,31,38)(H,32,39)/t16-,17-,18-,19-,20-,21-,22-,23-,24-,25-,26-,27-,28?,29+,30+/m1/s1. The van der Waals surface area contributed by atoms with Crippen LogP contribution in [0.15, 0.2) is 24.3 Å². The molecule has 15 atom stereocenters. The van der Waals surface area contributed by atoms with Crippen LogP contribution >= 0.6 is 0 Å². The second-order valence-corrected chi connectivity index (χ2v) is 12.4. The van der Waals surface area contributed by atoms with Gasteiger partial charge in [0.15, 0.2) is 18.9 Å². The number of amides is 3. The predicted octanol–water partition coefficient (Wildman–Crippen LogP) is -5.32. The number of aliphatic hydroxyl groups is 8. The molecule has 3 amide bonds. The van der Waals surface area contributed by atoms with Gasteiger partial charge in [0.25, 0.3) is 5.69 Å². The van der Waals surface area contributed by atoms with Crippen LogP contribution in [0.1, 0.15) is 20.8 Å². The van der Waals surface area contributed by atoms with Gasteiger partial charge in [-0.2, -0.15) is 0 Å². The number of ether oxygens (including phenoxy) is 5. The van der Waals surface area contributed by atoms with Gasteiger partial charge in [-0.25, -0.2) is 0 Å². The second kappa shape index (κ2) is 17.6. The summed E-state index contributed by atoms with van der Waals surface area (Å²) >= 11 is 0. The monoisotopic (exact) mass is 748 g/mol. The number of nitro groups is 1. The van der Waals surface area contributed by atoms with E-state index >= 15 is 0 Å². The molecule has 4 rings (SSSR count). The van der Waals surface area contributed by atoms with Crippen molar-refractivity contribution in [2.24, 2.45) is 0 Å². The Hall–Kier alpha value is -3.49. The fourth-order valence-corrected chi connectivity index (χ4v) is 6.51. The summed E-state index contributed by atoms with van der Waals surface area (Å²) in [7, 11) is 0. The molecule has 1 aromatic rings. The molecule has 10 N–H and O–H groups in total. The molecule has 52 heavy (non-hydrogen) atoms. The molecular formula is C30H44N4O18. The van der Waals surface area contributed by atoms with E-state index in [0.717, 1.165) is 31.7 Å². The largest absolute Gasteiger partial charge is 0.394 e. The van der Waals surface area contributed by atoms with E-state index in [-0.39, 0.29) is 5.69 Å². The number of benzene rings is 1. The highest BCUT2D eigenvalue weighted by molar-refractivity contribution is 5.94. The van der Waals surface area contributed by atoms with E-state index in [0.29, 0.717) is 0 Å². The van der Waals surface area contributed by atoms with E-state index in [2.05, 4.69) is 10.6 Å². The molecule has 0 bridgehead atoms. The summed E-state index contributed by atoms with van der Waals surface area (Å²) in [6, 6.07) is 0.107. The number of para-hydroxylation sites is 2. The van der Waals surface area contributed by atoms with E-state index in [9.17, 15) is 65.4 Å². The van der Waals surface area contributed by atoms with Crippen molar-refractivity contribution < 1.29 is 83.8 Å². The highest BCUT2D eigenvalue weighted by Crippen LogP contribution is 2.37. The third-order valence-electron chi connectivity index (χ3n) is 8.87. The quantitative estimate of drug-likeness (QED) is 0.0705. The lowest BCUT2D eigenvalue weighted by atomic mass is 9.93. The lowest BCUT2D eigenvalue weighted by Gasteiger charge is -2.50. The highest BCUT2D eigenvalue weighted by atomic mass is 16.7. The minimum atomic E-state index is -2.04. The molecule has 0 saturated carbocycles. The summed E-state index contributed by atoms with van der Waals surface area (Å²) in [4.78, 5) is 48.9. The van der Waals surface area contributed by atoms with Gasteiger partial charge in [-0.05, 0) is 6.07 Å². The van der Waals surface area contributed by atoms with Crippen molar-refractivity contribution in [1.29, 1.82) is 0 Å². The summed E-state index contributed by atoms with van der Waals surface area (Å²) in [5, 5.41) is 102. The Labute approximate surface area is 295 Å². The van der Waals surface area contributed by atoms with Crippen LogP contribution in [0.25, 0.3) is 0 Å². The van der Waals surface area contributed by atoms with Crippen LogP contribution in [-0.2, 0) is 38.1 Å². The van der Waals surface area contributed by atoms with Crippen LogP contribution < -0.4 is 15.5 Å². The van der Waals surface area contributed by atoms with Gasteiger partial charge < -0.3 is 75.2 Å². The van der Waals surface area contributed by atoms with E-state index in [1.54, 1.807) is 0 Å². The topological polar surface area (TPSA) is 330 Å². The molecule has 22 nitrogen and oxygen atoms in total. The summed E-state index contributed by atoms with van der Waals surface area (Å²) in [5.41, 5.74) is -0.882. The first-order valence-electron chi connectivity index (χ1n) is 16.1. The number of carbonyl (C=O) groups excluding carboxylic acids is 3. The molecule has 1 unspecified atom stereocenters. The number of nitro benzene ring substituents is 1. The zero-order valence-corrected chi connectivity index (χ0v) is 28.1. The third-order valence-corrected chi connectivity index (χ3v) is 8.87. The molecule has 0 spiro atoms. The summed E-state index contributed by atoms with van der Waals surface area (Å²) in [6.45, 7) is 0.562. The number of carbonyl (C=O) groups is 3. The predicted molar refractivity (Wildman–Crippen MR) is 168 cm³/mol. The maximum absolute atomic E-state index is 12.9. The first-order valence-corrected chi connectivity index (χ1v) is 16.1. The lowest BCUT2D eigenvalue weighted by Crippen LogP contribution is -2.71. The maximum atomic E-state index is 12.9. The van der Waals surface area contributed by atoms with Gasteiger partial charge in [-0.15, -0.1) is 0 Å². The minimum absolute atomic E-state index is 0.322. The smallest absolute Gasteiger partial charge is 0.292 e. The van der Waals surface area contributed by atoms with E-state index < -0.39 is 140 Å². The highest BCUT2D eigenvalue weighted by Gasteiger charge is 2.55. The Morgan fingerprint density at radius 3 is 1.73 bits per heavy atom. The second-order valence-electron chi connectivity index (χ2n) is 12.4. The molecule has 3 aliphatic heterocycles. The molecule has 3 fully saturated rings. The van der Waals surface area contributed by atoms with Crippen molar-refractivity contribution >= 4 is 29.1 Å². The Kier molecular flexibility index (Phi) is 13.9. The zero-order chi connectivity index (χ0) is 38.6. The average molecular weight is 749 g/mol. The number of rotatable bonds is 12.